The second-order valence-corrected chi connectivity index (χ2v) is 22.0. The van der Waals surface area contributed by atoms with Crippen LogP contribution >= 0.6 is 0 Å². The van der Waals surface area contributed by atoms with E-state index in [2.05, 4.69) is 81.5 Å². The van der Waals surface area contributed by atoms with E-state index in [-0.39, 0.29) is 31.1 Å². The highest BCUT2D eigenvalue weighted by Gasteiger charge is 2.19. The number of carbonyl (C=O) groups excluding carboxylic acids is 3. The molecular formula is C69H124O6. The van der Waals surface area contributed by atoms with E-state index in [0.29, 0.717) is 19.3 Å². The summed E-state index contributed by atoms with van der Waals surface area (Å²) < 4.78 is 16.8. The van der Waals surface area contributed by atoms with Gasteiger partial charge in [-0.2, -0.15) is 0 Å². The van der Waals surface area contributed by atoms with Crippen LogP contribution in [0.3, 0.4) is 0 Å². The van der Waals surface area contributed by atoms with Gasteiger partial charge in [-0.25, -0.2) is 0 Å². The number of esters is 3. The van der Waals surface area contributed by atoms with Crippen molar-refractivity contribution in [3.8, 4) is 0 Å². The van der Waals surface area contributed by atoms with E-state index >= 15 is 0 Å². The molecule has 1 atom stereocenters. The first-order valence-corrected chi connectivity index (χ1v) is 32.8. The van der Waals surface area contributed by atoms with Crippen molar-refractivity contribution in [1.82, 2.24) is 0 Å². The molecular weight excluding hydrogens is 925 g/mol. The molecule has 0 radical (unpaired) electrons. The van der Waals surface area contributed by atoms with E-state index in [4.69, 9.17) is 14.2 Å². The molecule has 0 aromatic carbocycles. The number of hydrogen-bond acceptors (Lipinski definition) is 6. The van der Waals surface area contributed by atoms with Crippen molar-refractivity contribution in [1.29, 1.82) is 0 Å². The van der Waals surface area contributed by atoms with Crippen LogP contribution in [0.25, 0.3) is 0 Å². The van der Waals surface area contributed by atoms with Gasteiger partial charge in [-0.3, -0.25) is 14.4 Å². The van der Waals surface area contributed by atoms with E-state index in [1.807, 2.05) is 0 Å². The summed E-state index contributed by atoms with van der Waals surface area (Å²) in [4.78, 5) is 38.0. The molecule has 0 heterocycles. The largest absolute Gasteiger partial charge is 0.462 e. The Labute approximate surface area is 466 Å². The second-order valence-electron chi connectivity index (χ2n) is 22.0. The molecule has 0 aliphatic rings. The summed E-state index contributed by atoms with van der Waals surface area (Å²) >= 11 is 0. The van der Waals surface area contributed by atoms with Gasteiger partial charge in [-0.1, -0.05) is 319 Å². The first kappa shape index (κ1) is 72.1. The summed E-state index contributed by atoms with van der Waals surface area (Å²) in [6, 6.07) is 0. The summed E-state index contributed by atoms with van der Waals surface area (Å²) in [6.45, 7) is 6.53. The van der Waals surface area contributed by atoms with Crippen LogP contribution in [0.1, 0.15) is 342 Å². The van der Waals surface area contributed by atoms with Crippen LogP contribution in [-0.2, 0) is 28.6 Å². The fraction of sp³-hybridized carbons (Fsp3) is 0.812. The van der Waals surface area contributed by atoms with E-state index in [9.17, 15) is 14.4 Å². The molecule has 0 aromatic rings. The number of carbonyl (C=O) groups is 3. The van der Waals surface area contributed by atoms with Crippen molar-refractivity contribution in [3.63, 3.8) is 0 Å². The quantitative estimate of drug-likeness (QED) is 0.0261. The number of ether oxygens (including phenoxy) is 3. The van der Waals surface area contributed by atoms with Crippen LogP contribution in [0.4, 0.5) is 0 Å². The number of hydrogen-bond donors (Lipinski definition) is 0. The lowest BCUT2D eigenvalue weighted by Gasteiger charge is -2.18. The third kappa shape index (κ3) is 61.8. The predicted molar refractivity (Wildman–Crippen MR) is 325 cm³/mol. The average molecular weight is 1050 g/mol. The Balaban J connectivity index is 3.94. The van der Waals surface area contributed by atoms with E-state index in [1.54, 1.807) is 0 Å². The first-order valence-electron chi connectivity index (χ1n) is 32.8. The molecule has 0 fully saturated rings. The summed E-state index contributed by atoms with van der Waals surface area (Å²) in [5.41, 5.74) is 0. The van der Waals surface area contributed by atoms with E-state index < -0.39 is 6.10 Å². The molecule has 0 N–H and O–H groups in total. The third-order valence-corrected chi connectivity index (χ3v) is 14.5. The summed E-state index contributed by atoms with van der Waals surface area (Å²) in [5.74, 6) is -0.853. The van der Waals surface area contributed by atoms with Gasteiger partial charge in [-0.05, 0) is 64.2 Å². The molecule has 75 heavy (non-hydrogen) atoms. The molecule has 6 nitrogen and oxygen atoms in total. The molecule has 1 unspecified atom stereocenters. The fourth-order valence-corrected chi connectivity index (χ4v) is 9.65. The Kier molecular flexibility index (Phi) is 61.2. The van der Waals surface area contributed by atoms with Crippen LogP contribution in [-0.4, -0.2) is 37.2 Å². The molecule has 6 heteroatoms. The maximum absolute atomic E-state index is 12.8. The van der Waals surface area contributed by atoms with Gasteiger partial charge < -0.3 is 14.2 Å². The molecule has 0 bridgehead atoms. The predicted octanol–water partition coefficient (Wildman–Crippen LogP) is 22.3. The van der Waals surface area contributed by atoms with Gasteiger partial charge >= 0.3 is 17.9 Å². The van der Waals surface area contributed by atoms with Crippen molar-refractivity contribution in [2.24, 2.45) is 0 Å². The second kappa shape index (κ2) is 63.6. The summed E-state index contributed by atoms with van der Waals surface area (Å²) in [5, 5.41) is 0. The van der Waals surface area contributed by atoms with Gasteiger partial charge in [0, 0.05) is 19.3 Å². The Bertz CT molecular complexity index is 1340. The van der Waals surface area contributed by atoms with Crippen LogP contribution in [0.2, 0.25) is 0 Å². The fourth-order valence-electron chi connectivity index (χ4n) is 9.65. The lowest BCUT2D eigenvalue weighted by atomic mass is 10.0. The Hall–Kier alpha value is -2.89. The average Bonchev–Trinajstić information content (AvgIpc) is 3.41. The van der Waals surface area contributed by atoms with Crippen LogP contribution in [0.5, 0.6) is 0 Å². The van der Waals surface area contributed by atoms with Gasteiger partial charge in [0.05, 0.1) is 0 Å². The van der Waals surface area contributed by atoms with Crippen molar-refractivity contribution in [2.75, 3.05) is 13.2 Å². The summed E-state index contributed by atoms with van der Waals surface area (Å²) in [6.07, 6.45) is 81.3. The van der Waals surface area contributed by atoms with Crippen LogP contribution in [0, 0.1) is 0 Å². The van der Waals surface area contributed by atoms with Crippen molar-refractivity contribution >= 4 is 17.9 Å². The zero-order valence-electron chi connectivity index (χ0n) is 50.1. The molecule has 0 saturated carbocycles. The number of rotatable bonds is 60. The molecule has 0 spiro atoms. The lowest BCUT2D eigenvalue weighted by molar-refractivity contribution is -0.167. The molecule has 436 valence electrons. The molecule has 0 amide bonds. The maximum atomic E-state index is 12.8. The van der Waals surface area contributed by atoms with Crippen LogP contribution in [0.15, 0.2) is 60.8 Å². The highest BCUT2D eigenvalue weighted by Crippen LogP contribution is 2.18. The standard InChI is InChI=1S/C69H124O6/c1-4-7-10-13-16-18-20-22-24-25-26-27-28-29-30-31-32-33-34-35-36-37-38-39-40-41-42-43-45-46-48-50-53-56-59-62-68(71)74-65-66(64-73-67(70)61-58-55-52-15-12-9-6-3)75-69(72)63-60-57-54-51-49-47-44-23-21-19-17-14-11-8-5-2/h7,10,16,18,22,24,26-27,29-30,66H,4-6,8-9,11-15,17,19-21,23,25,28,31-65H2,1-3H3/b10-7-,18-16-,24-22-,27-26-,30-29-. The third-order valence-electron chi connectivity index (χ3n) is 14.5. The molecule has 0 aromatic heterocycles. The monoisotopic (exact) mass is 1050 g/mol. The minimum absolute atomic E-state index is 0.0670. The Morgan fingerprint density at radius 2 is 0.520 bits per heavy atom. The molecule has 0 saturated heterocycles. The smallest absolute Gasteiger partial charge is 0.306 e. The normalized spacial score (nSPS) is 12.4. The van der Waals surface area contributed by atoms with Crippen molar-refractivity contribution in [3.05, 3.63) is 60.8 Å². The van der Waals surface area contributed by atoms with Crippen LogP contribution < -0.4 is 0 Å². The summed E-state index contributed by atoms with van der Waals surface area (Å²) in [7, 11) is 0. The topological polar surface area (TPSA) is 78.9 Å². The highest BCUT2D eigenvalue weighted by molar-refractivity contribution is 5.71. The first-order chi connectivity index (χ1) is 37.0. The Morgan fingerprint density at radius 3 is 0.813 bits per heavy atom. The molecule has 0 aliphatic carbocycles. The zero-order valence-corrected chi connectivity index (χ0v) is 50.1. The molecule has 0 aliphatic heterocycles. The highest BCUT2D eigenvalue weighted by atomic mass is 16.6. The maximum Gasteiger partial charge on any atom is 0.306 e. The minimum atomic E-state index is -0.765. The van der Waals surface area contributed by atoms with Gasteiger partial charge in [0.1, 0.15) is 13.2 Å². The number of allylic oxidation sites excluding steroid dienone is 10. The van der Waals surface area contributed by atoms with Gasteiger partial charge in [0.2, 0.25) is 0 Å². The lowest BCUT2D eigenvalue weighted by Crippen LogP contribution is -2.30. The number of unbranched alkanes of at least 4 members (excludes halogenated alkanes) is 39. The van der Waals surface area contributed by atoms with E-state index in [0.717, 1.165) is 89.9 Å². The van der Waals surface area contributed by atoms with Crippen molar-refractivity contribution < 1.29 is 28.6 Å². The zero-order chi connectivity index (χ0) is 54.3. The molecule has 0 rings (SSSR count). The van der Waals surface area contributed by atoms with Gasteiger partial charge in [-0.15, -0.1) is 0 Å². The van der Waals surface area contributed by atoms with Crippen molar-refractivity contribution in [2.45, 2.75) is 348 Å². The SMILES string of the molecule is CC/C=C\C/C=C\C/C=C\C/C=C\C/C=C\CCCCCCCCCCCCCCCCCCCCCC(=O)OCC(COC(=O)CCCCCCCCC)OC(=O)CCCCCCCCCCCCCCCCC. The van der Waals surface area contributed by atoms with Gasteiger partial charge in [0.15, 0.2) is 6.10 Å². The minimum Gasteiger partial charge on any atom is -0.462 e. The van der Waals surface area contributed by atoms with E-state index in [1.165, 1.54) is 212 Å². The van der Waals surface area contributed by atoms with Gasteiger partial charge in [0.25, 0.3) is 0 Å². The Morgan fingerprint density at radius 1 is 0.280 bits per heavy atom.